The van der Waals surface area contributed by atoms with Gasteiger partial charge in [-0.2, -0.15) is 4.31 Å². The van der Waals surface area contributed by atoms with Crippen molar-refractivity contribution in [2.45, 2.75) is 11.1 Å². The minimum Gasteiger partial charge on any atom is -0.368 e. The van der Waals surface area contributed by atoms with Crippen molar-refractivity contribution < 1.29 is 13.2 Å². The monoisotopic (exact) mass is 393 g/mol. The average molecular weight is 394 g/mol. The molecule has 3 rings (SSSR count). The van der Waals surface area contributed by atoms with E-state index in [0.717, 1.165) is 34.4 Å². The van der Waals surface area contributed by atoms with E-state index in [1.165, 1.54) is 12.6 Å². The zero-order valence-corrected chi connectivity index (χ0v) is 16.6. The van der Waals surface area contributed by atoms with Gasteiger partial charge in [-0.15, -0.1) is 11.3 Å². The van der Waals surface area contributed by atoms with E-state index in [2.05, 4.69) is 30.0 Å². The van der Waals surface area contributed by atoms with Gasteiger partial charge in [-0.25, -0.2) is 8.42 Å². The number of piperazine rings is 1. The summed E-state index contributed by atoms with van der Waals surface area (Å²) in [7, 11) is -2.14. The Morgan fingerprint density at radius 2 is 1.88 bits per heavy atom. The van der Waals surface area contributed by atoms with Crippen molar-refractivity contribution in [3.05, 3.63) is 47.3 Å². The van der Waals surface area contributed by atoms with Crippen LogP contribution in [0.2, 0.25) is 0 Å². The number of rotatable bonds is 5. The lowest BCUT2D eigenvalue weighted by Crippen LogP contribution is -2.51. The fraction of sp³-hybridized carbons (Fsp3) is 0.389. The molecule has 6 nitrogen and oxygen atoms in total. The summed E-state index contributed by atoms with van der Waals surface area (Å²) in [5.41, 5.74) is 2.37. The number of benzene rings is 1. The lowest BCUT2D eigenvalue weighted by Gasteiger charge is -2.36. The second kappa shape index (κ2) is 7.77. The van der Waals surface area contributed by atoms with Crippen molar-refractivity contribution in [1.29, 1.82) is 0 Å². The van der Waals surface area contributed by atoms with Gasteiger partial charge >= 0.3 is 0 Å². The topological polar surface area (TPSA) is 60.9 Å². The minimum absolute atomic E-state index is 0.134. The largest absolute Gasteiger partial charge is 0.368 e. The van der Waals surface area contributed by atoms with Gasteiger partial charge in [0.25, 0.3) is 10.0 Å². The van der Waals surface area contributed by atoms with Gasteiger partial charge in [-0.1, -0.05) is 18.2 Å². The Kier molecular flexibility index (Phi) is 5.64. The van der Waals surface area contributed by atoms with Gasteiger partial charge in [0.2, 0.25) is 5.91 Å². The van der Waals surface area contributed by atoms with E-state index in [4.69, 9.17) is 0 Å². The van der Waals surface area contributed by atoms with Crippen LogP contribution in [0.5, 0.6) is 0 Å². The Bertz CT molecular complexity index is 858. The van der Waals surface area contributed by atoms with Gasteiger partial charge in [0.15, 0.2) is 0 Å². The summed E-state index contributed by atoms with van der Waals surface area (Å²) < 4.78 is 26.3. The third kappa shape index (κ3) is 4.08. The Labute approximate surface area is 158 Å². The molecule has 1 fully saturated rings. The highest BCUT2D eigenvalue weighted by Crippen LogP contribution is 2.21. The maximum atomic E-state index is 12.5. The molecule has 1 aromatic heterocycles. The van der Waals surface area contributed by atoms with Crippen molar-refractivity contribution in [3.63, 3.8) is 0 Å². The zero-order valence-electron chi connectivity index (χ0n) is 15.0. The summed E-state index contributed by atoms with van der Waals surface area (Å²) in [5.74, 6) is -0.156. The van der Waals surface area contributed by atoms with Crippen LogP contribution in [0.3, 0.4) is 0 Å². The van der Waals surface area contributed by atoms with Gasteiger partial charge in [0.1, 0.15) is 4.21 Å². The average Bonchev–Trinajstić information content (AvgIpc) is 3.17. The summed E-state index contributed by atoms with van der Waals surface area (Å²) in [6.45, 7) is 4.62. The summed E-state index contributed by atoms with van der Waals surface area (Å²) in [5, 5.41) is 1.72. The number of hydrogen-bond donors (Lipinski definition) is 0. The number of amides is 1. The van der Waals surface area contributed by atoms with Crippen molar-refractivity contribution in [1.82, 2.24) is 9.21 Å². The van der Waals surface area contributed by atoms with E-state index in [1.807, 2.05) is 6.07 Å². The predicted molar refractivity (Wildman–Crippen MR) is 104 cm³/mol. The number of likely N-dealkylation sites (N-methyl/N-ethyl adjacent to an activating group) is 1. The number of thiophene rings is 1. The molecule has 0 N–H and O–H groups in total. The molecule has 0 spiro atoms. The molecule has 0 atom stereocenters. The highest BCUT2D eigenvalue weighted by atomic mass is 32.2. The third-order valence-electron chi connectivity index (χ3n) is 4.52. The first-order chi connectivity index (χ1) is 12.4. The van der Waals surface area contributed by atoms with E-state index in [1.54, 1.807) is 22.4 Å². The molecule has 1 amide bonds. The van der Waals surface area contributed by atoms with Crippen LogP contribution in [-0.4, -0.2) is 63.3 Å². The molecule has 1 saturated heterocycles. The van der Waals surface area contributed by atoms with Crippen LogP contribution in [0.1, 0.15) is 5.56 Å². The molecule has 2 heterocycles. The molecule has 140 valence electrons. The molecule has 2 aromatic rings. The number of carbonyl (C=O) groups excluding carboxylic acids is 1. The maximum Gasteiger partial charge on any atom is 0.252 e. The minimum atomic E-state index is -3.59. The van der Waals surface area contributed by atoms with Crippen LogP contribution < -0.4 is 4.90 Å². The van der Waals surface area contributed by atoms with Gasteiger partial charge in [0.05, 0.1) is 6.54 Å². The van der Waals surface area contributed by atoms with E-state index in [9.17, 15) is 13.2 Å². The van der Waals surface area contributed by atoms with Crippen molar-refractivity contribution >= 4 is 33.0 Å². The predicted octanol–water partition coefficient (Wildman–Crippen LogP) is 2.03. The normalized spacial score (nSPS) is 15.5. The standard InChI is InChI=1S/C18H23N3O3S2/c1-15-5-3-6-16(13-15)20-8-10-21(11-9-20)17(22)14-19(2)26(23,24)18-7-4-12-25-18/h3-7,12-13H,8-11,14H2,1-2H3. The molecule has 0 radical (unpaired) electrons. The van der Waals surface area contributed by atoms with Crippen LogP contribution in [0, 0.1) is 6.92 Å². The molecular formula is C18H23N3O3S2. The molecule has 26 heavy (non-hydrogen) atoms. The van der Waals surface area contributed by atoms with Gasteiger partial charge < -0.3 is 9.80 Å². The quantitative estimate of drug-likeness (QED) is 0.780. The summed E-state index contributed by atoms with van der Waals surface area (Å²) in [4.78, 5) is 16.5. The van der Waals surface area contributed by atoms with Crippen LogP contribution >= 0.6 is 11.3 Å². The van der Waals surface area contributed by atoms with Crippen LogP contribution in [0.4, 0.5) is 5.69 Å². The fourth-order valence-electron chi connectivity index (χ4n) is 2.98. The van der Waals surface area contributed by atoms with Gasteiger partial charge in [0, 0.05) is 38.9 Å². The van der Waals surface area contributed by atoms with E-state index in [-0.39, 0.29) is 16.7 Å². The van der Waals surface area contributed by atoms with Crippen LogP contribution in [0.25, 0.3) is 0 Å². The zero-order chi connectivity index (χ0) is 18.7. The number of aryl methyl sites for hydroxylation is 1. The Balaban J connectivity index is 1.57. The van der Waals surface area contributed by atoms with E-state index >= 15 is 0 Å². The lowest BCUT2D eigenvalue weighted by atomic mass is 10.2. The summed E-state index contributed by atoms with van der Waals surface area (Å²) >= 11 is 1.16. The molecule has 0 unspecified atom stereocenters. The molecule has 0 aliphatic carbocycles. The summed E-state index contributed by atoms with van der Waals surface area (Å²) in [6, 6.07) is 11.6. The second-order valence-corrected chi connectivity index (χ2v) is 9.62. The maximum absolute atomic E-state index is 12.5. The van der Waals surface area contributed by atoms with Gasteiger partial charge in [-0.3, -0.25) is 4.79 Å². The first-order valence-corrected chi connectivity index (χ1v) is 10.8. The Morgan fingerprint density at radius 3 is 2.50 bits per heavy atom. The number of carbonyl (C=O) groups is 1. The number of hydrogen-bond acceptors (Lipinski definition) is 5. The van der Waals surface area contributed by atoms with Crippen molar-refractivity contribution in [3.8, 4) is 0 Å². The molecule has 0 saturated carbocycles. The molecule has 1 aliphatic rings. The molecule has 1 aromatic carbocycles. The first-order valence-electron chi connectivity index (χ1n) is 8.47. The molecule has 8 heteroatoms. The fourth-order valence-corrected chi connectivity index (χ4v) is 5.30. The van der Waals surface area contributed by atoms with Crippen LogP contribution in [0.15, 0.2) is 46.0 Å². The number of anilines is 1. The van der Waals surface area contributed by atoms with Gasteiger partial charge in [-0.05, 0) is 36.1 Å². The second-order valence-electron chi connectivity index (χ2n) is 6.40. The third-order valence-corrected chi connectivity index (χ3v) is 7.69. The first kappa shape index (κ1) is 18.9. The number of nitrogens with zero attached hydrogens (tertiary/aromatic N) is 3. The molecular weight excluding hydrogens is 370 g/mol. The SMILES string of the molecule is Cc1cccc(N2CCN(C(=O)CN(C)S(=O)(=O)c3cccs3)CC2)c1. The Hall–Kier alpha value is -1.90. The molecule has 1 aliphatic heterocycles. The van der Waals surface area contributed by atoms with E-state index < -0.39 is 10.0 Å². The smallest absolute Gasteiger partial charge is 0.252 e. The highest BCUT2D eigenvalue weighted by molar-refractivity contribution is 7.91. The van der Waals surface area contributed by atoms with E-state index in [0.29, 0.717) is 13.1 Å². The number of sulfonamides is 1. The summed E-state index contributed by atoms with van der Waals surface area (Å²) in [6.07, 6.45) is 0. The molecule has 0 bridgehead atoms. The van der Waals surface area contributed by atoms with Crippen molar-refractivity contribution in [2.24, 2.45) is 0 Å². The van der Waals surface area contributed by atoms with Crippen molar-refractivity contribution in [2.75, 3.05) is 44.7 Å². The lowest BCUT2D eigenvalue weighted by molar-refractivity contribution is -0.131. The Morgan fingerprint density at radius 1 is 1.15 bits per heavy atom. The van der Waals surface area contributed by atoms with Crippen LogP contribution in [-0.2, 0) is 14.8 Å². The highest BCUT2D eigenvalue weighted by Gasteiger charge is 2.27.